The Bertz CT molecular complexity index is 903. The van der Waals surface area contributed by atoms with Crippen molar-refractivity contribution in [3.05, 3.63) is 35.9 Å². The second-order valence-electron chi connectivity index (χ2n) is 7.42. The first-order valence-corrected chi connectivity index (χ1v) is 13.4. The summed E-state index contributed by atoms with van der Waals surface area (Å²) in [6.07, 6.45) is 0. The topological polar surface area (TPSA) is 90.9 Å². The van der Waals surface area contributed by atoms with E-state index in [0.29, 0.717) is 99.1 Å². The van der Waals surface area contributed by atoms with Gasteiger partial charge in [-0.3, -0.25) is 4.79 Å². The van der Waals surface area contributed by atoms with Gasteiger partial charge in [-0.15, -0.1) is 0 Å². The maximum atomic E-state index is 13.6. The average molecular weight is 547 g/mol. The predicted octanol–water partition coefficient (Wildman–Crippen LogP) is 3.45. The van der Waals surface area contributed by atoms with Crippen molar-refractivity contribution in [2.75, 3.05) is 73.7 Å². The van der Waals surface area contributed by atoms with Gasteiger partial charge in [0, 0.05) is 32.0 Å². The molecule has 0 aliphatic heterocycles. The van der Waals surface area contributed by atoms with E-state index in [4.69, 9.17) is 37.9 Å². The molecule has 0 saturated carbocycles. The molecule has 0 heterocycles. The number of carbonyl (C=O) groups is 1. The first-order chi connectivity index (χ1) is 18.1. The van der Waals surface area contributed by atoms with Crippen LogP contribution in [0, 0.1) is 0 Å². The van der Waals surface area contributed by atoms with Gasteiger partial charge in [0.1, 0.15) is 54.1 Å². The van der Waals surface area contributed by atoms with E-state index in [1.54, 1.807) is 30.3 Å². The Hall–Kier alpha value is -1.98. The van der Waals surface area contributed by atoms with Crippen LogP contribution in [0.3, 0.4) is 0 Å². The van der Waals surface area contributed by atoms with Gasteiger partial charge in [-0.05, 0) is 41.5 Å². The third-order valence-corrected chi connectivity index (χ3v) is 6.23. The minimum absolute atomic E-state index is 0. The predicted molar refractivity (Wildman–Crippen MR) is 151 cm³/mol. The van der Waals surface area contributed by atoms with Crippen molar-refractivity contribution in [1.29, 1.82) is 0 Å². The first kappa shape index (κ1) is 34.0. The van der Waals surface area contributed by atoms with Crippen LogP contribution in [0.15, 0.2) is 30.3 Å². The summed E-state index contributed by atoms with van der Waals surface area (Å²) in [5.74, 6) is 2.39. The van der Waals surface area contributed by atoms with Crippen molar-refractivity contribution in [2.45, 2.75) is 20.8 Å². The Morgan fingerprint density at radius 3 is 1.55 bits per heavy atom. The first-order valence-electron chi connectivity index (χ1n) is 12.4. The third-order valence-electron chi connectivity index (χ3n) is 5.01. The third kappa shape index (κ3) is 11.0. The molecule has 0 spiro atoms. The van der Waals surface area contributed by atoms with Gasteiger partial charge in [0.2, 0.25) is 0 Å². The molecule has 2 rings (SSSR count). The summed E-state index contributed by atoms with van der Waals surface area (Å²) in [6, 6.07) is 8.77. The molecule has 0 saturated heterocycles. The molecule has 0 aromatic heterocycles. The van der Waals surface area contributed by atoms with Crippen LogP contribution in [0.25, 0.3) is 0 Å². The Labute approximate surface area is 239 Å². The molecule has 0 aliphatic carbocycles. The summed E-state index contributed by atoms with van der Waals surface area (Å²) < 4.78 is 45.2. The summed E-state index contributed by atoms with van der Waals surface area (Å²) in [7, 11) is 2.71. The summed E-state index contributed by atoms with van der Waals surface area (Å²) in [4.78, 5) is 13.6. The van der Waals surface area contributed by atoms with Crippen LogP contribution >= 0.6 is 8.58 Å². The maximum absolute atomic E-state index is 13.6. The molecule has 0 radical (unpaired) electrons. The summed E-state index contributed by atoms with van der Waals surface area (Å²) in [6.45, 7) is 9.77. The van der Waals surface area contributed by atoms with Crippen LogP contribution in [0.5, 0.6) is 28.7 Å². The molecule has 1 atom stereocenters. The van der Waals surface area contributed by atoms with Gasteiger partial charge in [-0.2, -0.15) is 0 Å². The van der Waals surface area contributed by atoms with E-state index in [0.717, 1.165) is 0 Å². The van der Waals surface area contributed by atoms with Crippen molar-refractivity contribution in [3.8, 4) is 28.7 Å². The quantitative estimate of drug-likeness (QED) is 0.141. The normalized spacial score (nSPS) is 10.8. The molecule has 1 unspecified atom stereocenters. The Kier molecular flexibility index (Phi) is 17.9. The molecule has 2 aromatic rings. The molecule has 9 nitrogen and oxygen atoms in total. The van der Waals surface area contributed by atoms with Crippen LogP contribution in [0.2, 0.25) is 0 Å². The van der Waals surface area contributed by atoms with Crippen molar-refractivity contribution >= 4 is 38.3 Å². The average Bonchev–Trinajstić information content (AvgIpc) is 2.92. The van der Waals surface area contributed by atoms with Gasteiger partial charge in [-0.1, -0.05) is 6.07 Å². The molecule has 0 aliphatic rings. The molecule has 208 valence electrons. The molecule has 0 amide bonds. The van der Waals surface area contributed by atoms with Crippen molar-refractivity contribution in [2.24, 2.45) is 0 Å². The fourth-order valence-electron chi connectivity index (χ4n) is 3.32. The van der Waals surface area contributed by atoms with Gasteiger partial charge in [0.05, 0.1) is 39.3 Å². The Morgan fingerprint density at radius 2 is 1.13 bits per heavy atom. The number of hydrogen-bond donors (Lipinski definition) is 0. The zero-order chi connectivity index (χ0) is 26.9. The van der Waals surface area contributed by atoms with Gasteiger partial charge in [0.15, 0.2) is 5.52 Å². The van der Waals surface area contributed by atoms with Crippen molar-refractivity contribution < 1.29 is 42.7 Å². The molecular formula is C27H40LiO9P. The Balaban J connectivity index is 0.00000722. The standard InChI is InChI=1S/C27H39O9P.Li.H/c1-6-31-12-15-34-20-18-23(35-16-13-32-7-2)26(24(19-20)36-17-14-33-8-3)37-27(28)25-21(29-4)10-9-11-22(25)30-5;;/h9-11,18-19,37H,6-8,12-17H2,1-5H3;;. The minimum atomic E-state index is -0.336. The molecule has 38 heavy (non-hydrogen) atoms. The molecular weight excluding hydrogens is 506 g/mol. The van der Waals surface area contributed by atoms with Gasteiger partial charge in [0.25, 0.3) is 0 Å². The summed E-state index contributed by atoms with van der Waals surface area (Å²) in [5.41, 5.74) is 0.187. The van der Waals surface area contributed by atoms with Gasteiger partial charge < -0.3 is 37.9 Å². The number of rotatable bonds is 20. The molecule has 11 heteroatoms. The summed E-state index contributed by atoms with van der Waals surface area (Å²) in [5, 5.41) is 0.614. The van der Waals surface area contributed by atoms with E-state index >= 15 is 0 Å². The van der Waals surface area contributed by atoms with E-state index in [1.165, 1.54) is 14.2 Å². The van der Waals surface area contributed by atoms with Gasteiger partial charge >= 0.3 is 18.9 Å². The molecule has 0 N–H and O–H groups in total. The molecule has 0 bridgehead atoms. The fraction of sp³-hybridized carbons (Fsp3) is 0.519. The second-order valence-corrected chi connectivity index (χ2v) is 8.63. The van der Waals surface area contributed by atoms with Crippen molar-refractivity contribution in [3.63, 3.8) is 0 Å². The molecule has 2 aromatic carbocycles. The Morgan fingerprint density at radius 1 is 0.684 bits per heavy atom. The SMILES string of the molecule is CCOCCOc1cc(OCCOCC)c(PC(=O)c2c(OC)cccc2OC)c(OCCOCC)c1.[LiH]. The second kappa shape index (κ2) is 20.0. The van der Waals surface area contributed by atoms with Crippen molar-refractivity contribution in [1.82, 2.24) is 0 Å². The number of ether oxygens (including phenoxy) is 8. The molecule has 0 fully saturated rings. The fourth-order valence-corrected chi connectivity index (χ4v) is 4.46. The van der Waals surface area contributed by atoms with Crippen LogP contribution in [0.4, 0.5) is 0 Å². The van der Waals surface area contributed by atoms with Crippen LogP contribution < -0.4 is 29.0 Å². The summed E-state index contributed by atoms with van der Waals surface area (Å²) >= 11 is 0. The van der Waals surface area contributed by atoms with E-state index in [2.05, 4.69) is 0 Å². The zero-order valence-corrected chi connectivity index (χ0v) is 23.4. The van der Waals surface area contributed by atoms with Gasteiger partial charge in [-0.25, -0.2) is 0 Å². The van der Waals surface area contributed by atoms with Crippen LogP contribution in [0.1, 0.15) is 31.1 Å². The number of methoxy groups -OCH3 is 2. The monoisotopic (exact) mass is 546 g/mol. The van der Waals surface area contributed by atoms with Crippen LogP contribution in [-0.2, 0) is 14.2 Å². The van der Waals surface area contributed by atoms with E-state index in [9.17, 15) is 4.79 Å². The zero-order valence-electron chi connectivity index (χ0n) is 22.4. The van der Waals surface area contributed by atoms with E-state index < -0.39 is 0 Å². The van der Waals surface area contributed by atoms with E-state index in [-0.39, 0.29) is 33.0 Å². The number of benzene rings is 2. The van der Waals surface area contributed by atoms with Crippen LogP contribution in [-0.4, -0.2) is 98.1 Å². The van der Waals surface area contributed by atoms with E-state index in [1.807, 2.05) is 20.8 Å². The number of carbonyl (C=O) groups excluding carboxylic acids is 1. The number of hydrogen-bond acceptors (Lipinski definition) is 9.